The molecule has 3 aromatic carbocycles. The molecule has 0 unspecified atom stereocenters. The fraction of sp³-hybridized carbons (Fsp3) is 0.0714. The Balaban J connectivity index is 0.00000289. The summed E-state index contributed by atoms with van der Waals surface area (Å²) in [6.45, 7) is 1.05. The Kier molecular flexibility index (Phi) is 8.55. The average molecular weight is 505 g/mol. The number of benzene rings is 3. The second kappa shape index (κ2) is 11.8. The third kappa shape index (κ3) is 5.92. The second-order valence-corrected chi connectivity index (χ2v) is 9.80. The standard InChI is InChI=1S/C28H22N2O2S2.Na/c31-27(32)24-16-8-7-14-22(24)18-30(19-23-15-9-17-33-23)28-29-25(20-10-3-1-4-11-20)26(34-28)21-12-5-2-6-13-21;/h1-17H,18-19H2,(H,31,32);/q;+1/p-1. The molecule has 0 bridgehead atoms. The Morgan fingerprint density at radius 2 is 1.46 bits per heavy atom. The van der Waals surface area contributed by atoms with Gasteiger partial charge in [0.1, 0.15) is 0 Å². The molecule has 4 nitrogen and oxygen atoms in total. The Labute approximate surface area is 234 Å². The third-order valence-corrected chi connectivity index (χ3v) is 7.52. The van der Waals surface area contributed by atoms with Crippen molar-refractivity contribution in [3.8, 4) is 21.7 Å². The zero-order valence-corrected chi connectivity index (χ0v) is 22.9. The molecule has 168 valence electrons. The van der Waals surface area contributed by atoms with Crippen molar-refractivity contribution in [2.24, 2.45) is 0 Å². The molecule has 5 aromatic rings. The summed E-state index contributed by atoms with van der Waals surface area (Å²) in [6.07, 6.45) is 0. The molecule has 0 N–H and O–H groups in total. The van der Waals surface area contributed by atoms with Crippen molar-refractivity contribution in [2.75, 3.05) is 4.90 Å². The van der Waals surface area contributed by atoms with E-state index in [4.69, 9.17) is 4.98 Å². The largest absolute Gasteiger partial charge is 1.00 e. The predicted molar refractivity (Wildman–Crippen MR) is 138 cm³/mol. The number of carboxylic acid groups (broad SMARTS) is 1. The number of anilines is 1. The number of aromatic nitrogens is 1. The van der Waals surface area contributed by atoms with Gasteiger partial charge in [0.05, 0.1) is 23.1 Å². The molecule has 2 heterocycles. The van der Waals surface area contributed by atoms with E-state index in [1.807, 2.05) is 54.6 Å². The first-order valence-electron chi connectivity index (χ1n) is 10.9. The molecule has 0 aliphatic rings. The number of thiophene rings is 1. The smallest absolute Gasteiger partial charge is 0.545 e. The molecule has 0 fully saturated rings. The summed E-state index contributed by atoms with van der Waals surface area (Å²) in [6, 6.07) is 31.6. The molecule has 35 heavy (non-hydrogen) atoms. The number of thiazole rings is 1. The third-order valence-electron chi connectivity index (χ3n) is 5.49. The Morgan fingerprint density at radius 3 is 2.11 bits per heavy atom. The maximum atomic E-state index is 11.7. The number of hydrogen-bond acceptors (Lipinski definition) is 6. The van der Waals surface area contributed by atoms with Crippen LogP contribution in [0.1, 0.15) is 20.8 Å². The first-order chi connectivity index (χ1) is 16.7. The molecular formula is C28H21N2NaO2S2. The van der Waals surface area contributed by atoms with Crippen LogP contribution in [0, 0.1) is 0 Å². The van der Waals surface area contributed by atoms with Crippen LogP contribution in [0.4, 0.5) is 5.13 Å². The number of carbonyl (C=O) groups is 1. The van der Waals surface area contributed by atoms with Crippen LogP contribution in [0.3, 0.4) is 0 Å². The van der Waals surface area contributed by atoms with E-state index >= 15 is 0 Å². The van der Waals surface area contributed by atoms with E-state index in [0.29, 0.717) is 18.7 Å². The quantitative estimate of drug-likeness (QED) is 0.305. The predicted octanol–water partition coefficient (Wildman–Crippen LogP) is 3.11. The van der Waals surface area contributed by atoms with E-state index in [0.717, 1.165) is 26.8 Å². The zero-order valence-electron chi connectivity index (χ0n) is 19.3. The summed E-state index contributed by atoms with van der Waals surface area (Å²) in [5.41, 5.74) is 4.00. The van der Waals surface area contributed by atoms with Crippen molar-refractivity contribution < 1.29 is 39.5 Å². The van der Waals surface area contributed by atoms with Crippen LogP contribution in [-0.4, -0.2) is 11.0 Å². The number of rotatable bonds is 8. The van der Waals surface area contributed by atoms with E-state index in [9.17, 15) is 9.90 Å². The van der Waals surface area contributed by atoms with Gasteiger partial charge in [-0.3, -0.25) is 0 Å². The fourth-order valence-corrected chi connectivity index (χ4v) is 5.68. The number of aromatic carboxylic acids is 1. The summed E-state index contributed by atoms with van der Waals surface area (Å²) in [5, 5.41) is 14.6. The zero-order chi connectivity index (χ0) is 23.3. The van der Waals surface area contributed by atoms with Gasteiger partial charge in [0.15, 0.2) is 5.13 Å². The molecule has 0 spiro atoms. The topological polar surface area (TPSA) is 56.3 Å². The number of carbonyl (C=O) groups excluding carboxylic acids is 1. The van der Waals surface area contributed by atoms with Crippen molar-refractivity contribution in [1.82, 2.24) is 4.98 Å². The van der Waals surface area contributed by atoms with Crippen LogP contribution in [0.25, 0.3) is 21.7 Å². The van der Waals surface area contributed by atoms with Gasteiger partial charge in [-0.1, -0.05) is 102 Å². The second-order valence-electron chi connectivity index (χ2n) is 7.79. The molecule has 0 aliphatic heterocycles. The molecule has 5 rings (SSSR count). The summed E-state index contributed by atoms with van der Waals surface area (Å²) in [7, 11) is 0. The van der Waals surface area contributed by atoms with Gasteiger partial charge in [0.2, 0.25) is 0 Å². The van der Waals surface area contributed by atoms with Gasteiger partial charge < -0.3 is 14.8 Å². The van der Waals surface area contributed by atoms with Crippen molar-refractivity contribution in [3.05, 3.63) is 118 Å². The van der Waals surface area contributed by atoms with Gasteiger partial charge >= 0.3 is 29.6 Å². The molecule has 0 radical (unpaired) electrons. The minimum atomic E-state index is -1.17. The van der Waals surface area contributed by atoms with E-state index in [-0.39, 0.29) is 35.1 Å². The van der Waals surface area contributed by atoms with Crippen LogP contribution in [0.15, 0.2) is 102 Å². The van der Waals surface area contributed by atoms with Crippen LogP contribution >= 0.6 is 22.7 Å². The Hall–Kier alpha value is -2.74. The summed E-state index contributed by atoms with van der Waals surface area (Å²) < 4.78 is 0. The molecule has 0 saturated carbocycles. The van der Waals surface area contributed by atoms with Crippen LogP contribution in [0.2, 0.25) is 0 Å². The van der Waals surface area contributed by atoms with E-state index in [1.54, 1.807) is 34.8 Å². The van der Waals surface area contributed by atoms with Crippen molar-refractivity contribution in [2.45, 2.75) is 13.1 Å². The maximum Gasteiger partial charge on any atom is 1.00 e. The fourth-order valence-electron chi connectivity index (χ4n) is 3.87. The molecule has 0 saturated heterocycles. The van der Waals surface area contributed by atoms with Gasteiger partial charge in [-0.15, -0.1) is 11.3 Å². The van der Waals surface area contributed by atoms with Crippen LogP contribution in [0.5, 0.6) is 0 Å². The van der Waals surface area contributed by atoms with Gasteiger partial charge in [-0.25, -0.2) is 4.98 Å². The van der Waals surface area contributed by atoms with Gasteiger partial charge in [0.25, 0.3) is 0 Å². The van der Waals surface area contributed by atoms with Crippen molar-refractivity contribution >= 4 is 33.8 Å². The van der Waals surface area contributed by atoms with E-state index < -0.39 is 5.97 Å². The van der Waals surface area contributed by atoms with Crippen LogP contribution in [-0.2, 0) is 13.1 Å². The molecule has 0 atom stereocenters. The number of hydrogen-bond donors (Lipinski definition) is 0. The minimum Gasteiger partial charge on any atom is -0.545 e. The maximum absolute atomic E-state index is 11.7. The van der Waals surface area contributed by atoms with Crippen molar-refractivity contribution in [3.63, 3.8) is 0 Å². The summed E-state index contributed by atoms with van der Waals surface area (Å²) >= 11 is 3.30. The summed E-state index contributed by atoms with van der Waals surface area (Å²) in [5.74, 6) is -1.17. The molecule has 0 amide bonds. The Morgan fingerprint density at radius 1 is 0.800 bits per heavy atom. The van der Waals surface area contributed by atoms with E-state index in [1.165, 1.54) is 4.88 Å². The molecule has 2 aromatic heterocycles. The normalized spacial score (nSPS) is 10.5. The molecular weight excluding hydrogens is 483 g/mol. The average Bonchev–Trinajstić information content (AvgIpc) is 3.55. The molecule has 7 heteroatoms. The summed E-state index contributed by atoms with van der Waals surface area (Å²) in [4.78, 5) is 21.3. The van der Waals surface area contributed by atoms with Crippen molar-refractivity contribution in [1.29, 1.82) is 0 Å². The number of carboxylic acids is 1. The number of nitrogens with zero attached hydrogens (tertiary/aromatic N) is 2. The van der Waals surface area contributed by atoms with Gasteiger partial charge in [0, 0.05) is 22.5 Å². The van der Waals surface area contributed by atoms with E-state index in [2.05, 4.69) is 40.6 Å². The van der Waals surface area contributed by atoms with Gasteiger partial charge in [-0.2, -0.15) is 0 Å². The minimum absolute atomic E-state index is 0. The van der Waals surface area contributed by atoms with Crippen LogP contribution < -0.4 is 39.6 Å². The SMILES string of the molecule is O=C([O-])c1ccccc1CN(Cc1cccs1)c1nc(-c2ccccc2)c(-c2ccccc2)s1.[Na+]. The van der Waals surface area contributed by atoms with Gasteiger partial charge in [-0.05, 0) is 22.6 Å². The Bertz CT molecular complexity index is 1330. The monoisotopic (exact) mass is 504 g/mol. The first-order valence-corrected chi connectivity index (χ1v) is 12.6. The molecule has 0 aliphatic carbocycles. The first kappa shape index (κ1) is 25.4.